The third-order valence-corrected chi connectivity index (χ3v) is 4.19. The molecule has 0 fully saturated rings. The zero-order chi connectivity index (χ0) is 14.0. The first-order valence-corrected chi connectivity index (χ1v) is 7.06. The van der Waals surface area contributed by atoms with Crippen LogP contribution in [0.25, 0.3) is 0 Å². The van der Waals surface area contributed by atoms with Crippen molar-refractivity contribution in [1.29, 1.82) is 0 Å². The van der Waals surface area contributed by atoms with E-state index in [0.717, 1.165) is 5.69 Å². The molecule has 0 radical (unpaired) electrons. The summed E-state index contributed by atoms with van der Waals surface area (Å²) in [7, 11) is -0.389. The first-order chi connectivity index (χ1) is 8.13. The fourth-order valence-electron chi connectivity index (χ4n) is 1.27. The van der Waals surface area contributed by atoms with E-state index in [1.54, 1.807) is 38.1 Å². The molecule has 0 unspecified atom stereocenters. The summed E-state index contributed by atoms with van der Waals surface area (Å²) in [5.74, 6) is 0. The molecule has 0 atom stereocenters. The van der Waals surface area contributed by atoms with Gasteiger partial charge in [0.05, 0.1) is 10.5 Å². The molecule has 2 N–H and O–H groups in total. The van der Waals surface area contributed by atoms with Crippen LogP contribution in [-0.4, -0.2) is 44.1 Å². The van der Waals surface area contributed by atoms with Crippen molar-refractivity contribution in [3.8, 4) is 0 Å². The summed E-state index contributed by atoms with van der Waals surface area (Å²) < 4.78 is 24.8. The van der Waals surface area contributed by atoms with E-state index in [1.165, 1.54) is 18.4 Å². The molecule has 1 rings (SSSR count). The van der Waals surface area contributed by atoms with Gasteiger partial charge in [0.1, 0.15) is 0 Å². The van der Waals surface area contributed by atoms with Crippen molar-refractivity contribution in [2.24, 2.45) is 0 Å². The number of hydrogen-bond acceptors (Lipinski definition) is 4. The van der Waals surface area contributed by atoms with Gasteiger partial charge in [-0.1, -0.05) is 0 Å². The third-order valence-electron chi connectivity index (χ3n) is 2.36. The average Bonchev–Trinajstić information content (AvgIpc) is 2.26. The maximum Gasteiger partial charge on any atom is 0.242 e. The molecule has 0 saturated carbocycles. The van der Waals surface area contributed by atoms with Crippen LogP contribution in [-0.2, 0) is 10.0 Å². The Hall–Kier alpha value is -1.11. The van der Waals surface area contributed by atoms with Gasteiger partial charge in [0.25, 0.3) is 0 Å². The van der Waals surface area contributed by atoms with Crippen molar-refractivity contribution in [3.05, 3.63) is 24.3 Å². The lowest BCUT2D eigenvalue weighted by Gasteiger charge is -2.18. The number of nitrogens with zero attached hydrogens (tertiary/aromatic N) is 1. The van der Waals surface area contributed by atoms with Crippen molar-refractivity contribution >= 4 is 15.7 Å². The first-order valence-electron chi connectivity index (χ1n) is 5.62. The van der Waals surface area contributed by atoms with E-state index >= 15 is 0 Å². The molecule has 0 aromatic heterocycles. The Morgan fingerprint density at radius 2 is 1.72 bits per heavy atom. The number of hydrogen-bond donors (Lipinski definition) is 2. The number of anilines is 1. The molecule has 6 heteroatoms. The molecule has 0 saturated heterocycles. The lowest BCUT2D eigenvalue weighted by atomic mass is 10.1. The van der Waals surface area contributed by atoms with Gasteiger partial charge in [0.15, 0.2) is 0 Å². The highest BCUT2D eigenvalue weighted by molar-refractivity contribution is 7.89. The summed E-state index contributed by atoms with van der Waals surface area (Å²) in [5.41, 5.74) is -0.0381. The summed E-state index contributed by atoms with van der Waals surface area (Å²) in [6.07, 6.45) is 0. The van der Waals surface area contributed by atoms with Gasteiger partial charge >= 0.3 is 0 Å². The van der Waals surface area contributed by atoms with E-state index < -0.39 is 15.6 Å². The second-order valence-electron chi connectivity index (χ2n) is 4.98. The molecule has 5 nitrogen and oxygen atoms in total. The number of aliphatic hydroxyl groups is 1. The third kappa shape index (κ3) is 3.97. The zero-order valence-electron chi connectivity index (χ0n) is 11.1. The molecule has 0 bridgehead atoms. The Bertz CT molecular complexity index is 487. The van der Waals surface area contributed by atoms with Gasteiger partial charge in [0.2, 0.25) is 10.0 Å². The van der Waals surface area contributed by atoms with Gasteiger partial charge in [-0.25, -0.2) is 12.7 Å². The molecule has 0 aliphatic carbocycles. The largest absolute Gasteiger partial charge is 0.389 e. The monoisotopic (exact) mass is 272 g/mol. The van der Waals surface area contributed by atoms with E-state index in [0.29, 0.717) is 6.54 Å². The number of benzene rings is 1. The molecule has 18 heavy (non-hydrogen) atoms. The summed E-state index contributed by atoms with van der Waals surface area (Å²) in [6.45, 7) is 3.79. The molecule has 1 aromatic carbocycles. The highest BCUT2D eigenvalue weighted by Crippen LogP contribution is 2.17. The molecule has 0 amide bonds. The van der Waals surface area contributed by atoms with Crippen molar-refractivity contribution in [3.63, 3.8) is 0 Å². The minimum atomic E-state index is -3.38. The van der Waals surface area contributed by atoms with Gasteiger partial charge in [-0.15, -0.1) is 0 Å². The van der Waals surface area contributed by atoms with Crippen LogP contribution in [0.1, 0.15) is 13.8 Å². The quantitative estimate of drug-likeness (QED) is 0.843. The van der Waals surface area contributed by atoms with Crippen molar-refractivity contribution in [1.82, 2.24) is 4.31 Å². The number of rotatable bonds is 5. The normalized spacial score (nSPS) is 12.8. The van der Waals surface area contributed by atoms with E-state index in [4.69, 9.17) is 0 Å². The molecule has 0 spiro atoms. The Labute approximate surface area is 108 Å². The summed E-state index contributed by atoms with van der Waals surface area (Å²) in [4.78, 5) is 0.251. The van der Waals surface area contributed by atoms with Crippen LogP contribution in [0.3, 0.4) is 0 Å². The van der Waals surface area contributed by atoms with Crippen LogP contribution in [0.4, 0.5) is 5.69 Å². The zero-order valence-corrected chi connectivity index (χ0v) is 12.0. The van der Waals surface area contributed by atoms with Gasteiger partial charge in [0, 0.05) is 26.3 Å². The van der Waals surface area contributed by atoms with Crippen molar-refractivity contribution < 1.29 is 13.5 Å². The predicted octanol–water partition coefficient (Wildman–Crippen LogP) is 1.12. The van der Waals surface area contributed by atoms with Gasteiger partial charge in [-0.3, -0.25) is 0 Å². The molecular weight excluding hydrogens is 252 g/mol. The van der Waals surface area contributed by atoms with Crippen LogP contribution in [0.2, 0.25) is 0 Å². The fraction of sp³-hybridized carbons (Fsp3) is 0.500. The molecule has 0 heterocycles. The molecule has 102 valence electrons. The van der Waals surface area contributed by atoms with Crippen LogP contribution < -0.4 is 5.32 Å². The minimum absolute atomic E-state index is 0.251. The SMILES string of the molecule is CN(C)S(=O)(=O)c1ccc(NCC(C)(C)O)cc1. The van der Waals surface area contributed by atoms with Crippen molar-refractivity contribution in [2.45, 2.75) is 24.3 Å². The Kier molecular flexibility index (Phi) is 4.37. The van der Waals surface area contributed by atoms with Gasteiger partial charge in [-0.2, -0.15) is 0 Å². The van der Waals surface area contributed by atoms with E-state index in [2.05, 4.69) is 5.32 Å². The maximum absolute atomic E-state index is 11.8. The standard InChI is InChI=1S/C12H20N2O3S/c1-12(2,15)9-13-10-5-7-11(8-6-10)18(16,17)14(3)4/h5-8,13,15H,9H2,1-4H3. The van der Waals surface area contributed by atoms with Crippen LogP contribution in [0.15, 0.2) is 29.2 Å². The maximum atomic E-state index is 11.8. The van der Waals surface area contributed by atoms with Gasteiger partial charge < -0.3 is 10.4 Å². The lowest BCUT2D eigenvalue weighted by Crippen LogP contribution is -2.29. The fourth-order valence-corrected chi connectivity index (χ4v) is 2.18. The Morgan fingerprint density at radius 1 is 1.22 bits per heavy atom. The number of sulfonamides is 1. The first kappa shape index (κ1) is 14.9. The second kappa shape index (κ2) is 5.26. The smallest absolute Gasteiger partial charge is 0.242 e. The molecule has 0 aliphatic rings. The summed E-state index contributed by atoms with van der Waals surface area (Å²) >= 11 is 0. The van der Waals surface area contributed by atoms with E-state index in [1.807, 2.05) is 0 Å². The highest BCUT2D eigenvalue weighted by atomic mass is 32.2. The average molecular weight is 272 g/mol. The molecular formula is C12H20N2O3S. The van der Waals surface area contributed by atoms with Crippen molar-refractivity contribution in [2.75, 3.05) is 26.0 Å². The molecule has 0 aliphatic heterocycles. The molecule has 1 aromatic rings. The summed E-state index contributed by atoms with van der Waals surface area (Å²) in [5, 5.41) is 12.6. The summed E-state index contributed by atoms with van der Waals surface area (Å²) in [6, 6.07) is 6.45. The second-order valence-corrected chi connectivity index (χ2v) is 7.13. The van der Waals surface area contributed by atoms with E-state index in [-0.39, 0.29) is 4.90 Å². The lowest BCUT2D eigenvalue weighted by molar-refractivity contribution is 0.0945. The minimum Gasteiger partial charge on any atom is -0.389 e. The highest BCUT2D eigenvalue weighted by Gasteiger charge is 2.17. The Balaban J connectivity index is 2.81. The topological polar surface area (TPSA) is 69.6 Å². The van der Waals surface area contributed by atoms with Crippen LogP contribution in [0.5, 0.6) is 0 Å². The Morgan fingerprint density at radius 3 is 2.11 bits per heavy atom. The van der Waals surface area contributed by atoms with E-state index in [9.17, 15) is 13.5 Å². The van der Waals surface area contributed by atoms with Gasteiger partial charge in [-0.05, 0) is 38.1 Å². The predicted molar refractivity (Wildman–Crippen MR) is 72.1 cm³/mol. The number of nitrogens with one attached hydrogen (secondary N) is 1. The van der Waals surface area contributed by atoms with Crippen LogP contribution in [0, 0.1) is 0 Å². The van der Waals surface area contributed by atoms with Crippen LogP contribution >= 0.6 is 0 Å².